The van der Waals surface area contributed by atoms with E-state index in [1.54, 1.807) is 0 Å². The van der Waals surface area contributed by atoms with Crippen molar-refractivity contribution in [2.75, 3.05) is 40.8 Å². The van der Waals surface area contributed by atoms with Gasteiger partial charge in [0.05, 0.1) is 0 Å². The SMILES string of the molecule is CNC(CN1CCCC1CN(C)C)c1ccc(C)cc1C. The molecule has 118 valence electrons. The monoisotopic (exact) mass is 289 g/mol. The van der Waals surface area contributed by atoms with Crippen molar-refractivity contribution < 1.29 is 0 Å². The number of hydrogen-bond acceptors (Lipinski definition) is 3. The molecule has 1 fully saturated rings. The summed E-state index contributed by atoms with van der Waals surface area (Å²) < 4.78 is 0. The van der Waals surface area contributed by atoms with Crippen molar-refractivity contribution in [3.8, 4) is 0 Å². The van der Waals surface area contributed by atoms with Crippen molar-refractivity contribution in [2.24, 2.45) is 0 Å². The van der Waals surface area contributed by atoms with Crippen LogP contribution in [0.15, 0.2) is 18.2 Å². The van der Waals surface area contributed by atoms with E-state index in [1.807, 2.05) is 0 Å². The Hall–Kier alpha value is -0.900. The number of likely N-dealkylation sites (N-methyl/N-ethyl adjacent to an activating group) is 2. The molecule has 0 saturated carbocycles. The normalized spacial score (nSPS) is 21.1. The lowest BCUT2D eigenvalue weighted by Crippen LogP contribution is -2.41. The first kappa shape index (κ1) is 16.5. The van der Waals surface area contributed by atoms with Gasteiger partial charge in [-0.25, -0.2) is 0 Å². The van der Waals surface area contributed by atoms with Crippen LogP contribution in [0, 0.1) is 13.8 Å². The van der Waals surface area contributed by atoms with Crippen molar-refractivity contribution in [3.63, 3.8) is 0 Å². The Labute approximate surface area is 130 Å². The number of nitrogens with one attached hydrogen (secondary N) is 1. The zero-order valence-corrected chi connectivity index (χ0v) is 14.3. The molecule has 1 aliphatic rings. The lowest BCUT2D eigenvalue weighted by molar-refractivity contribution is 0.191. The zero-order valence-electron chi connectivity index (χ0n) is 14.3. The third-order valence-electron chi connectivity index (χ3n) is 4.64. The summed E-state index contributed by atoms with van der Waals surface area (Å²) in [6.07, 6.45) is 2.67. The van der Waals surface area contributed by atoms with Gasteiger partial charge in [0, 0.05) is 25.2 Å². The summed E-state index contributed by atoms with van der Waals surface area (Å²) >= 11 is 0. The first-order valence-electron chi connectivity index (χ1n) is 8.14. The number of benzene rings is 1. The summed E-state index contributed by atoms with van der Waals surface area (Å²) in [5, 5.41) is 3.52. The summed E-state index contributed by atoms with van der Waals surface area (Å²) in [5.74, 6) is 0. The highest BCUT2D eigenvalue weighted by Gasteiger charge is 2.27. The van der Waals surface area contributed by atoms with E-state index in [0.29, 0.717) is 12.1 Å². The average Bonchev–Trinajstić information content (AvgIpc) is 2.83. The number of aryl methyl sites for hydroxylation is 2. The maximum Gasteiger partial charge on any atom is 0.0449 e. The van der Waals surface area contributed by atoms with Crippen LogP contribution in [0.4, 0.5) is 0 Å². The van der Waals surface area contributed by atoms with E-state index < -0.39 is 0 Å². The lowest BCUT2D eigenvalue weighted by Gasteiger charge is -2.31. The molecule has 2 rings (SSSR count). The van der Waals surface area contributed by atoms with Crippen LogP contribution in [0.5, 0.6) is 0 Å². The molecule has 0 aromatic heterocycles. The Bertz CT molecular complexity index is 456. The third-order valence-corrected chi connectivity index (χ3v) is 4.64. The predicted molar refractivity (Wildman–Crippen MR) is 90.9 cm³/mol. The molecule has 1 heterocycles. The van der Waals surface area contributed by atoms with Gasteiger partial charge in [-0.2, -0.15) is 0 Å². The number of hydrogen-bond donors (Lipinski definition) is 1. The van der Waals surface area contributed by atoms with Crippen LogP contribution < -0.4 is 5.32 Å². The quantitative estimate of drug-likeness (QED) is 0.868. The topological polar surface area (TPSA) is 18.5 Å². The van der Waals surface area contributed by atoms with Gasteiger partial charge >= 0.3 is 0 Å². The first-order chi connectivity index (χ1) is 10.0. The molecule has 1 N–H and O–H groups in total. The van der Waals surface area contributed by atoms with Gasteiger partial charge < -0.3 is 10.2 Å². The highest BCUT2D eigenvalue weighted by atomic mass is 15.2. The second kappa shape index (κ2) is 7.39. The Kier molecular flexibility index (Phi) is 5.80. The Morgan fingerprint density at radius 1 is 1.33 bits per heavy atom. The van der Waals surface area contributed by atoms with Crippen LogP contribution >= 0.6 is 0 Å². The maximum atomic E-state index is 3.52. The summed E-state index contributed by atoms with van der Waals surface area (Å²) in [6.45, 7) is 7.91. The smallest absolute Gasteiger partial charge is 0.0449 e. The second-order valence-corrected chi connectivity index (χ2v) is 6.75. The molecule has 0 spiro atoms. The Balaban J connectivity index is 2.07. The van der Waals surface area contributed by atoms with Crippen LogP contribution in [0.25, 0.3) is 0 Å². The van der Waals surface area contributed by atoms with Crippen LogP contribution in [-0.4, -0.2) is 56.6 Å². The van der Waals surface area contributed by atoms with Crippen molar-refractivity contribution in [3.05, 3.63) is 34.9 Å². The van der Waals surface area contributed by atoms with Crippen LogP contribution in [-0.2, 0) is 0 Å². The summed E-state index contributed by atoms with van der Waals surface area (Å²) in [7, 11) is 6.44. The summed E-state index contributed by atoms with van der Waals surface area (Å²) in [5.41, 5.74) is 4.19. The van der Waals surface area contributed by atoms with E-state index in [1.165, 1.54) is 42.6 Å². The van der Waals surface area contributed by atoms with E-state index >= 15 is 0 Å². The fourth-order valence-corrected chi connectivity index (χ4v) is 3.56. The minimum absolute atomic E-state index is 0.424. The molecular weight excluding hydrogens is 258 g/mol. The summed E-state index contributed by atoms with van der Waals surface area (Å²) in [4.78, 5) is 4.98. The molecule has 2 atom stereocenters. The molecule has 1 aromatic rings. The summed E-state index contributed by atoms with van der Waals surface area (Å²) in [6, 6.07) is 7.95. The molecule has 0 radical (unpaired) electrons. The number of rotatable bonds is 6. The van der Waals surface area contributed by atoms with Gasteiger partial charge in [0.15, 0.2) is 0 Å². The molecule has 3 heteroatoms. The molecule has 3 nitrogen and oxygen atoms in total. The van der Waals surface area contributed by atoms with Crippen LogP contribution in [0.2, 0.25) is 0 Å². The number of nitrogens with zero attached hydrogens (tertiary/aromatic N) is 2. The third kappa shape index (κ3) is 4.29. The maximum absolute atomic E-state index is 3.52. The second-order valence-electron chi connectivity index (χ2n) is 6.75. The highest BCUT2D eigenvalue weighted by Crippen LogP contribution is 2.24. The van der Waals surface area contributed by atoms with Crippen molar-refractivity contribution in [2.45, 2.75) is 38.8 Å². The van der Waals surface area contributed by atoms with Crippen molar-refractivity contribution >= 4 is 0 Å². The molecular formula is C18H31N3. The van der Waals surface area contributed by atoms with Gasteiger partial charge in [-0.3, -0.25) is 4.90 Å². The van der Waals surface area contributed by atoms with Gasteiger partial charge in [-0.1, -0.05) is 23.8 Å². The number of likely N-dealkylation sites (tertiary alicyclic amines) is 1. The Morgan fingerprint density at radius 3 is 2.71 bits per heavy atom. The fourth-order valence-electron chi connectivity index (χ4n) is 3.56. The Morgan fingerprint density at radius 2 is 2.10 bits per heavy atom. The molecule has 21 heavy (non-hydrogen) atoms. The fraction of sp³-hybridized carbons (Fsp3) is 0.667. The van der Waals surface area contributed by atoms with Crippen LogP contribution in [0.1, 0.15) is 35.6 Å². The minimum atomic E-state index is 0.424. The molecule has 0 bridgehead atoms. The molecule has 1 saturated heterocycles. The van der Waals surface area contributed by atoms with Gasteiger partial charge in [-0.05, 0) is 65.5 Å². The van der Waals surface area contributed by atoms with E-state index in [0.717, 1.165) is 6.54 Å². The lowest BCUT2D eigenvalue weighted by atomic mass is 9.98. The molecule has 1 aromatic carbocycles. The van der Waals surface area contributed by atoms with Crippen LogP contribution in [0.3, 0.4) is 0 Å². The minimum Gasteiger partial charge on any atom is -0.312 e. The zero-order chi connectivity index (χ0) is 15.4. The highest BCUT2D eigenvalue weighted by molar-refractivity contribution is 5.33. The van der Waals surface area contributed by atoms with Crippen molar-refractivity contribution in [1.82, 2.24) is 15.1 Å². The van der Waals surface area contributed by atoms with Gasteiger partial charge in [0.25, 0.3) is 0 Å². The van der Waals surface area contributed by atoms with Gasteiger partial charge in [0.1, 0.15) is 0 Å². The van der Waals surface area contributed by atoms with E-state index in [2.05, 4.69) is 68.3 Å². The molecule has 0 amide bonds. The predicted octanol–water partition coefficient (Wildman–Crippen LogP) is 2.59. The van der Waals surface area contributed by atoms with E-state index in [9.17, 15) is 0 Å². The molecule has 2 unspecified atom stereocenters. The van der Waals surface area contributed by atoms with E-state index in [4.69, 9.17) is 0 Å². The largest absolute Gasteiger partial charge is 0.312 e. The van der Waals surface area contributed by atoms with Crippen molar-refractivity contribution in [1.29, 1.82) is 0 Å². The van der Waals surface area contributed by atoms with Gasteiger partial charge in [0.2, 0.25) is 0 Å². The molecule has 1 aliphatic heterocycles. The van der Waals surface area contributed by atoms with Gasteiger partial charge in [-0.15, -0.1) is 0 Å². The standard InChI is InChI=1S/C18H31N3/c1-14-8-9-17(15(2)11-14)18(19-3)13-21-10-6-7-16(21)12-20(4)5/h8-9,11,16,18-19H,6-7,10,12-13H2,1-5H3. The average molecular weight is 289 g/mol. The van der Waals surface area contributed by atoms with E-state index in [-0.39, 0.29) is 0 Å². The molecule has 0 aliphatic carbocycles. The first-order valence-corrected chi connectivity index (χ1v) is 8.14.